The van der Waals surface area contributed by atoms with Crippen LogP contribution in [0.5, 0.6) is 17.2 Å². The molecule has 0 fully saturated rings. The van der Waals surface area contributed by atoms with Gasteiger partial charge in [0.25, 0.3) is 0 Å². The summed E-state index contributed by atoms with van der Waals surface area (Å²) in [6.07, 6.45) is 1.15. The van der Waals surface area contributed by atoms with E-state index >= 15 is 0 Å². The number of aromatic nitrogens is 4. The lowest BCUT2D eigenvalue weighted by Gasteiger charge is -2.21. The Morgan fingerprint density at radius 3 is 2.31 bits per heavy atom. The first-order chi connectivity index (χ1) is 12.4. The molecule has 10 heteroatoms. The molecule has 0 unspecified atom stereocenters. The first-order valence-corrected chi connectivity index (χ1v) is 7.35. The molecule has 0 atom stereocenters. The van der Waals surface area contributed by atoms with Crippen LogP contribution in [0.15, 0.2) is 37.1 Å². The molecule has 0 aliphatic carbocycles. The van der Waals surface area contributed by atoms with Crippen LogP contribution in [0.4, 0.5) is 13.2 Å². The SMILES string of the molecule is COc1cc(-n2cnc(-n3cccn3)c2)c(C(F)(F)F)c(OC)c1OC. The summed E-state index contributed by atoms with van der Waals surface area (Å²) in [5, 5.41) is 4.01. The smallest absolute Gasteiger partial charge is 0.422 e. The second-order valence-electron chi connectivity index (χ2n) is 5.13. The second kappa shape index (κ2) is 6.62. The highest BCUT2D eigenvalue weighted by Crippen LogP contribution is 2.49. The van der Waals surface area contributed by atoms with Crippen molar-refractivity contribution in [2.24, 2.45) is 0 Å². The molecular formula is C16H15F3N4O3. The molecule has 0 aliphatic rings. The first kappa shape index (κ1) is 17.6. The molecule has 0 bridgehead atoms. The van der Waals surface area contributed by atoms with Gasteiger partial charge < -0.3 is 18.8 Å². The van der Waals surface area contributed by atoms with Crippen molar-refractivity contribution in [2.45, 2.75) is 6.18 Å². The highest BCUT2D eigenvalue weighted by Gasteiger charge is 2.41. The van der Waals surface area contributed by atoms with Gasteiger partial charge in [-0.15, -0.1) is 0 Å². The van der Waals surface area contributed by atoms with Crippen LogP contribution in [0.1, 0.15) is 5.56 Å². The van der Waals surface area contributed by atoms with Gasteiger partial charge in [-0.1, -0.05) is 0 Å². The van der Waals surface area contributed by atoms with Crippen molar-refractivity contribution in [3.8, 4) is 28.8 Å². The Hall–Kier alpha value is -3.17. The average Bonchev–Trinajstić information content (AvgIpc) is 3.29. The topological polar surface area (TPSA) is 63.3 Å². The van der Waals surface area contributed by atoms with Crippen molar-refractivity contribution in [3.05, 3.63) is 42.6 Å². The van der Waals surface area contributed by atoms with Gasteiger partial charge in [0.15, 0.2) is 17.3 Å². The number of nitrogens with zero attached hydrogens (tertiary/aromatic N) is 4. The summed E-state index contributed by atoms with van der Waals surface area (Å²) < 4.78 is 59.2. The minimum absolute atomic E-state index is 0.0988. The van der Waals surface area contributed by atoms with E-state index in [1.807, 2.05) is 0 Å². The zero-order valence-corrected chi connectivity index (χ0v) is 14.1. The number of alkyl halides is 3. The van der Waals surface area contributed by atoms with Crippen molar-refractivity contribution in [1.82, 2.24) is 19.3 Å². The van der Waals surface area contributed by atoms with E-state index in [1.165, 1.54) is 42.1 Å². The predicted molar refractivity (Wildman–Crippen MR) is 85.3 cm³/mol. The van der Waals surface area contributed by atoms with Gasteiger partial charge in [-0.25, -0.2) is 9.67 Å². The van der Waals surface area contributed by atoms with Crippen LogP contribution < -0.4 is 14.2 Å². The standard InChI is InChI=1S/C16H15F3N4O3/c1-24-11-7-10(13(16(17,18)19)15(26-3)14(11)25-2)22-8-12(20-9-22)23-6-4-5-21-23/h4-9H,1-3H3. The highest BCUT2D eigenvalue weighted by atomic mass is 19.4. The minimum Gasteiger partial charge on any atom is -0.493 e. The predicted octanol–water partition coefficient (Wildman–Crippen LogP) is 3.10. The molecule has 0 aliphatic heterocycles. The van der Waals surface area contributed by atoms with Crippen LogP contribution >= 0.6 is 0 Å². The lowest BCUT2D eigenvalue weighted by molar-refractivity contribution is -0.138. The Kier molecular flexibility index (Phi) is 4.49. The largest absolute Gasteiger partial charge is 0.493 e. The van der Waals surface area contributed by atoms with Crippen molar-refractivity contribution < 1.29 is 27.4 Å². The molecule has 2 heterocycles. The highest BCUT2D eigenvalue weighted by molar-refractivity contribution is 5.65. The molecule has 0 spiro atoms. The van der Waals surface area contributed by atoms with E-state index in [1.54, 1.807) is 18.5 Å². The Morgan fingerprint density at radius 2 is 1.77 bits per heavy atom. The van der Waals surface area contributed by atoms with Crippen LogP contribution in [0.2, 0.25) is 0 Å². The molecule has 0 saturated carbocycles. The third kappa shape index (κ3) is 2.93. The Bertz CT molecular complexity index is 904. The number of ether oxygens (including phenoxy) is 3. The summed E-state index contributed by atoms with van der Waals surface area (Å²) in [6, 6.07) is 2.90. The van der Waals surface area contributed by atoms with Gasteiger partial charge in [0.05, 0.1) is 33.2 Å². The number of hydrogen-bond acceptors (Lipinski definition) is 5. The van der Waals surface area contributed by atoms with Crippen LogP contribution in [0.3, 0.4) is 0 Å². The van der Waals surface area contributed by atoms with Gasteiger partial charge in [-0.2, -0.15) is 18.3 Å². The summed E-state index contributed by atoms with van der Waals surface area (Å²) in [5.41, 5.74) is -1.21. The molecule has 7 nitrogen and oxygen atoms in total. The Labute approximate surface area is 146 Å². The lowest BCUT2D eigenvalue weighted by atomic mass is 10.1. The maximum absolute atomic E-state index is 13.8. The van der Waals surface area contributed by atoms with Crippen LogP contribution in [0.25, 0.3) is 11.5 Å². The van der Waals surface area contributed by atoms with E-state index < -0.39 is 17.5 Å². The molecule has 3 rings (SSSR count). The van der Waals surface area contributed by atoms with Crippen molar-refractivity contribution >= 4 is 0 Å². The lowest BCUT2D eigenvalue weighted by Crippen LogP contribution is -2.14. The van der Waals surface area contributed by atoms with Gasteiger partial charge in [-0.3, -0.25) is 0 Å². The van der Waals surface area contributed by atoms with Crippen LogP contribution in [-0.2, 0) is 6.18 Å². The minimum atomic E-state index is -4.70. The van der Waals surface area contributed by atoms with Crippen LogP contribution in [0, 0.1) is 0 Å². The molecule has 0 N–H and O–H groups in total. The van der Waals surface area contributed by atoms with E-state index in [9.17, 15) is 13.2 Å². The van der Waals surface area contributed by atoms with Crippen molar-refractivity contribution in [2.75, 3.05) is 21.3 Å². The molecule has 3 aromatic rings. The molecule has 2 aromatic heterocycles. The fourth-order valence-electron chi connectivity index (χ4n) is 2.59. The zero-order chi connectivity index (χ0) is 18.9. The Balaban J connectivity index is 2.26. The third-order valence-corrected chi connectivity index (χ3v) is 3.68. The fraction of sp³-hybridized carbons (Fsp3) is 0.250. The maximum atomic E-state index is 13.8. The number of imidazole rings is 1. The summed E-state index contributed by atoms with van der Waals surface area (Å²) in [7, 11) is 3.71. The average molecular weight is 368 g/mol. The monoisotopic (exact) mass is 368 g/mol. The van der Waals surface area contributed by atoms with Gasteiger partial charge in [-0.05, 0) is 6.07 Å². The van der Waals surface area contributed by atoms with Crippen molar-refractivity contribution in [3.63, 3.8) is 0 Å². The molecule has 0 radical (unpaired) electrons. The van der Waals surface area contributed by atoms with Gasteiger partial charge >= 0.3 is 6.18 Å². The molecule has 1 aromatic carbocycles. The van der Waals surface area contributed by atoms with Gasteiger partial charge in [0.1, 0.15) is 11.9 Å². The molecule has 26 heavy (non-hydrogen) atoms. The molecule has 138 valence electrons. The van der Waals surface area contributed by atoms with E-state index in [0.29, 0.717) is 5.82 Å². The van der Waals surface area contributed by atoms with E-state index in [4.69, 9.17) is 14.2 Å². The second-order valence-corrected chi connectivity index (χ2v) is 5.13. The van der Waals surface area contributed by atoms with E-state index in [0.717, 1.165) is 7.11 Å². The summed E-state index contributed by atoms with van der Waals surface area (Å²) in [5.74, 6) is -0.152. The van der Waals surface area contributed by atoms with Crippen LogP contribution in [-0.4, -0.2) is 40.7 Å². The summed E-state index contributed by atoms with van der Waals surface area (Å²) in [4.78, 5) is 4.09. The quantitative estimate of drug-likeness (QED) is 0.693. The first-order valence-electron chi connectivity index (χ1n) is 7.35. The number of rotatable bonds is 5. The molecular weight excluding hydrogens is 353 g/mol. The van der Waals surface area contributed by atoms with E-state index in [-0.39, 0.29) is 17.2 Å². The van der Waals surface area contributed by atoms with E-state index in [2.05, 4.69) is 10.1 Å². The molecule has 0 saturated heterocycles. The number of benzene rings is 1. The van der Waals surface area contributed by atoms with Gasteiger partial charge in [0, 0.05) is 18.5 Å². The Morgan fingerprint density at radius 1 is 1.04 bits per heavy atom. The summed E-state index contributed by atoms with van der Waals surface area (Å²) in [6.45, 7) is 0. The third-order valence-electron chi connectivity index (χ3n) is 3.68. The van der Waals surface area contributed by atoms with Gasteiger partial charge in [0.2, 0.25) is 5.75 Å². The number of methoxy groups -OCH3 is 3. The summed E-state index contributed by atoms with van der Waals surface area (Å²) >= 11 is 0. The molecule has 0 amide bonds. The fourth-order valence-corrected chi connectivity index (χ4v) is 2.59. The normalized spacial score (nSPS) is 11.5. The maximum Gasteiger partial charge on any atom is 0.422 e. The zero-order valence-electron chi connectivity index (χ0n) is 14.1. The van der Waals surface area contributed by atoms with Crippen molar-refractivity contribution in [1.29, 1.82) is 0 Å². The number of hydrogen-bond donors (Lipinski definition) is 0. The number of halogens is 3.